The number of halogens is 4. The second kappa shape index (κ2) is 11.6. The molecule has 2 bridgehead atoms. The zero-order valence-electron chi connectivity index (χ0n) is 24.7. The van der Waals surface area contributed by atoms with Crippen molar-refractivity contribution in [3.05, 3.63) is 103 Å². The third-order valence-corrected chi connectivity index (χ3v) is 13.0. The lowest BCUT2D eigenvalue weighted by atomic mass is 9.68. The van der Waals surface area contributed by atoms with Crippen molar-refractivity contribution in [2.24, 2.45) is 29.6 Å². The molecule has 3 heterocycles. The van der Waals surface area contributed by atoms with Gasteiger partial charge in [0.15, 0.2) is 6.61 Å². The van der Waals surface area contributed by atoms with Crippen LogP contribution in [0.2, 0.25) is 0 Å². The number of aromatic nitrogens is 1. The van der Waals surface area contributed by atoms with Gasteiger partial charge in [0.05, 0.1) is 28.1 Å². The number of nitrogens with zero attached hydrogens (tertiary/aromatic N) is 1. The van der Waals surface area contributed by atoms with Crippen LogP contribution in [-0.4, -0.2) is 34.6 Å². The fourth-order valence-corrected chi connectivity index (χ4v) is 11.3. The van der Waals surface area contributed by atoms with Crippen molar-refractivity contribution >= 4 is 68.1 Å². The maximum absolute atomic E-state index is 13.9. The molecule has 2 N–H and O–H groups in total. The molecule has 8 rings (SSSR count). The molecule has 3 aromatic carbocycles. The first-order chi connectivity index (χ1) is 23.0. The minimum atomic E-state index is -4.53. The van der Waals surface area contributed by atoms with Crippen LogP contribution in [0.1, 0.15) is 28.3 Å². The normalized spacial score (nSPS) is 27.1. The number of ether oxygens (including phenoxy) is 1. The van der Waals surface area contributed by atoms with Crippen LogP contribution in [0.25, 0.3) is 0 Å². The molecule has 4 aliphatic rings. The zero-order chi connectivity index (χ0) is 33.5. The van der Waals surface area contributed by atoms with E-state index in [2.05, 4.69) is 26.2 Å². The van der Waals surface area contributed by atoms with Crippen molar-refractivity contribution < 1.29 is 32.3 Å². The molecular formula is C34H25BrF3N3O5S2. The molecule has 14 heteroatoms. The van der Waals surface area contributed by atoms with Crippen LogP contribution in [0.15, 0.2) is 87.1 Å². The largest absolute Gasteiger partial charge is 0.484 e. The van der Waals surface area contributed by atoms with Gasteiger partial charge in [0, 0.05) is 26.2 Å². The second-order valence-corrected chi connectivity index (χ2v) is 15.6. The van der Waals surface area contributed by atoms with E-state index in [9.17, 15) is 32.3 Å². The SMILES string of the molecule is O=C(COc1ccc([C@@H]2c3sc(=O)[nH]c3S[C@@H]3[C@@H]4C[C@@H]([C@@H]5C(=O)N(c6ccc(Br)cc6)C(=O)[C@@H]45)[C@H]23)cc1)Nc1cccc(C(F)(F)F)c1. The lowest BCUT2D eigenvalue weighted by Gasteiger charge is -2.43. The van der Waals surface area contributed by atoms with Crippen LogP contribution in [0.3, 0.4) is 0 Å². The fraction of sp³-hybridized carbons (Fsp3) is 0.294. The lowest BCUT2D eigenvalue weighted by Crippen LogP contribution is -2.42. The molecule has 246 valence electrons. The van der Waals surface area contributed by atoms with Crippen LogP contribution >= 0.6 is 39.0 Å². The molecule has 48 heavy (non-hydrogen) atoms. The molecular weight excluding hydrogens is 731 g/mol. The predicted octanol–water partition coefficient (Wildman–Crippen LogP) is 6.91. The number of thioether (sulfide) groups is 1. The third kappa shape index (κ3) is 5.19. The number of H-pyrrole nitrogens is 1. The van der Waals surface area contributed by atoms with Crippen LogP contribution in [0.5, 0.6) is 5.75 Å². The van der Waals surface area contributed by atoms with Crippen LogP contribution in [0, 0.1) is 29.6 Å². The zero-order valence-corrected chi connectivity index (χ0v) is 27.9. The van der Waals surface area contributed by atoms with E-state index in [1.54, 1.807) is 36.0 Å². The summed E-state index contributed by atoms with van der Waals surface area (Å²) in [6, 6.07) is 18.7. The Kier molecular flexibility index (Phi) is 7.60. The molecule has 3 fully saturated rings. The molecule has 3 amide bonds. The van der Waals surface area contributed by atoms with Crippen molar-refractivity contribution in [3.63, 3.8) is 0 Å². The molecule has 7 atom stereocenters. The summed E-state index contributed by atoms with van der Waals surface area (Å²) in [5.41, 5.74) is 0.632. The molecule has 0 unspecified atom stereocenters. The standard InChI is InChI=1S/C34H25BrF3N3O5S2/c35-17-6-8-19(9-7-17)41-31(43)26-21-13-22(27(26)32(41)44)28-25(21)24(29-30(47-28)40-33(45)48-29)15-4-10-20(11-5-15)46-14-23(42)39-18-3-1-2-16(12-18)34(36,37)38/h1-12,21-22,24-28H,13-14H2,(H,39,42)(H,40,45)/t21-,22-,24+,25-,26+,27+,28-/m1/s1. The van der Waals surface area contributed by atoms with Gasteiger partial charge in [-0.25, -0.2) is 0 Å². The Morgan fingerprint density at radius 3 is 2.40 bits per heavy atom. The van der Waals surface area contributed by atoms with E-state index in [0.717, 1.165) is 49.8 Å². The number of amides is 3. The maximum atomic E-state index is 13.9. The molecule has 1 saturated heterocycles. The highest BCUT2D eigenvalue weighted by atomic mass is 79.9. The van der Waals surface area contributed by atoms with Gasteiger partial charge >= 0.3 is 11.0 Å². The summed E-state index contributed by atoms with van der Waals surface area (Å²) in [4.78, 5) is 57.8. The second-order valence-electron chi connectivity index (χ2n) is 12.4. The Hall–Kier alpha value is -3.88. The fourth-order valence-electron chi connectivity index (χ4n) is 8.13. The van der Waals surface area contributed by atoms with Gasteiger partial charge in [0.25, 0.3) is 5.91 Å². The molecule has 2 saturated carbocycles. The predicted molar refractivity (Wildman–Crippen MR) is 177 cm³/mol. The van der Waals surface area contributed by atoms with Crippen molar-refractivity contribution in [2.45, 2.75) is 28.8 Å². The number of rotatable bonds is 6. The lowest BCUT2D eigenvalue weighted by molar-refractivity contribution is -0.137. The summed E-state index contributed by atoms with van der Waals surface area (Å²) in [5.74, 6) is -1.59. The topological polar surface area (TPSA) is 109 Å². The minimum Gasteiger partial charge on any atom is -0.484 e. The maximum Gasteiger partial charge on any atom is 0.416 e. The monoisotopic (exact) mass is 755 g/mol. The van der Waals surface area contributed by atoms with Gasteiger partial charge in [-0.15, -0.1) is 11.8 Å². The number of imide groups is 1. The summed E-state index contributed by atoms with van der Waals surface area (Å²) in [5, 5.41) is 3.27. The number of thiazole rings is 1. The van der Waals surface area contributed by atoms with E-state index in [0.29, 0.717) is 11.4 Å². The summed E-state index contributed by atoms with van der Waals surface area (Å²) in [7, 11) is 0. The van der Waals surface area contributed by atoms with E-state index in [-0.39, 0.29) is 51.3 Å². The number of carbonyl (C=O) groups excluding carboxylic acids is 3. The highest BCUT2D eigenvalue weighted by Crippen LogP contribution is 2.68. The van der Waals surface area contributed by atoms with E-state index < -0.39 is 36.1 Å². The van der Waals surface area contributed by atoms with Gasteiger partial charge in [0.2, 0.25) is 11.8 Å². The van der Waals surface area contributed by atoms with E-state index in [1.165, 1.54) is 17.0 Å². The number of nitrogens with one attached hydrogen (secondary N) is 2. The molecule has 8 nitrogen and oxygen atoms in total. The molecule has 0 radical (unpaired) electrons. The first-order valence-corrected chi connectivity index (χ1v) is 17.7. The van der Waals surface area contributed by atoms with E-state index in [1.807, 2.05) is 24.3 Å². The van der Waals surface area contributed by atoms with Crippen molar-refractivity contribution in [1.82, 2.24) is 4.98 Å². The average molecular weight is 757 g/mol. The molecule has 0 spiro atoms. The number of fused-ring (bicyclic) bond motifs is 9. The van der Waals surface area contributed by atoms with Gasteiger partial charge < -0.3 is 15.0 Å². The number of hydrogen-bond acceptors (Lipinski definition) is 7. The molecule has 2 aliphatic heterocycles. The number of alkyl halides is 3. The highest BCUT2D eigenvalue weighted by Gasteiger charge is 2.69. The molecule has 4 aromatic rings. The number of hydrogen-bond donors (Lipinski definition) is 2. The third-order valence-electron chi connectivity index (χ3n) is 9.89. The van der Waals surface area contributed by atoms with Crippen LogP contribution in [0.4, 0.5) is 24.5 Å². The van der Waals surface area contributed by atoms with Crippen LogP contribution in [-0.2, 0) is 20.6 Å². The van der Waals surface area contributed by atoms with Crippen LogP contribution < -0.4 is 19.8 Å². The summed E-state index contributed by atoms with van der Waals surface area (Å²) in [6.07, 6.45) is -3.77. The number of anilines is 2. The molecule has 2 aliphatic carbocycles. The van der Waals surface area contributed by atoms with E-state index >= 15 is 0 Å². The highest BCUT2D eigenvalue weighted by molar-refractivity contribution is 9.10. The summed E-state index contributed by atoms with van der Waals surface area (Å²) >= 11 is 6.19. The summed E-state index contributed by atoms with van der Waals surface area (Å²) in [6.45, 7) is -0.415. The van der Waals surface area contributed by atoms with Crippen molar-refractivity contribution in [1.29, 1.82) is 0 Å². The molecule has 1 aromatic heterocycles. The van der Waals surface area contributed by atoms with Gasteiger partial charge in [-0.05, 0) is 84.3 Å². The van der Waals surface area contributed by atoms with Gasteiger partial charge in [-0.1, -0.05) is 45.5 Å². The first-order valence-electron chi connectivity index (χ1n) is 15.2. The Bertz CT molecular complexity index is 2020. The Morgan fingerprint density at radius 1 is 0.979 bits per heavy atom. The van der Waals surface area contributed by atoms with Gasteiger partial charge in [0.1, 0.15) is 5.75 Å². The minimum absolute atomic E-state index is 0.00954. The smallest absolute Gasteiger partial charge is 0.416 e. The van der Waals surface area contributed by atoms with Gasteiger partial charge in [-0.2, -0.15) is 13.2 Å². The quantitative estimate of drug-likeness (QED) is 0.207. The summed E-state index contributed by atoms with van der Waals surface area (Å²) < 4.78 is 45.6. The Morgan fingerprint density at radius 2 is 1.69 bits per heavy atom. The first kappa shape index (κ1) is 31.4. The number of carbonyl (C=O) groups is 3. The average Bonchev–Trinajstić information content (AvgIpc) is 3.79. The Balaban J connectivity index is 1.02. The van der Waals surface area contributed by atoms with Crippen molar-refractivity contribution in [2.75, 3.05) is 16.8 Å². The van der Waals surface area contributed by atoms with E-state index in [4.69, 9.17) is 4.74 Å². The number of benzene rings is 3. The Labute approximate surface area is 288 Å². The van der Waals surface area contributed by atoms with Crippen molar-refractivity contribution in [3.8, 4) is 5.75 Å². The number of aromatic amines is 1. The van der Waals surface area contributed by atoms with Gasteiger partial charge in [-0.3, -0.25) is 24.1 Å².